The van der Waals surface area contributed by atoms with E-state index >= 15 is 0 Å². The lowest BCUT2D eigenvalue weighted by molar-refractivity contribution is -0.143. The molecule has 4 rings (SSSR count). The third-order valence-electron chi connectivity index (χ3n) is 4.94. The molecular weight excluding hydrogens is 454 g/mol. The Morgan fingerprint density at radius 1 is 1.00 bits per heavy atom. The highest BCUT2D eigenvalue weighted by Crippen LogP contribution is 2.34. The number of anilines is 1. The molecule has 2 aromatic heterocycles. The van der Waals surface area contributed by atoms with Gasteiger partial charge >= 0.3 is 6.18 Å². The molecule has 0 unspecified atom stereocenters. The number of carbonyl (C=O) groups excluding carboxylic acids is 1. The van der Waals surface area contributed by atoms with Crippen molar-refractivity contribution >= 4 is 34.9 Å². The fourth-order valence-corrected chi connectivity index (χ4v) is 3.82. The lowest BCUT2D eigenvalue weighted by Gasteiger charge is -2.35. The molecule has 1 aliphatic heterocycles. The molecule has 1 aliphatic rings. The van der Waals surface area contributed by atoms with E-state index in [0.717, 1.165) is 6.20 Å². The third-order valence-corrected chi connectivity index (χ3v) is 5.49. The minimum absolute atomic E-state index is 0.158. The van der Waals surface area contributed by atoms with Gasteiger partial charge in [-0.05, 0) is 36.4 Å². The second-order valence-corrected chi connectivity index (χ2v) is 7.72. The number of alkyl halides is 3. The van der Waals surface area contributed by atoms with Crippen molar-refractivity contribution in [3.05, 3.63) is 70.1 Å². The van der Waals surface area contributed by atoms with Gasteiger partial charge in [0.2, 0.25) is 0 Å². The van der Waals surface area contributed by atoms with Crippen LogP contribution in [0.3, 0.4) is 0 Å². The number of halogens is 5. The molecule has 0 spiro atoms. The Morgan fingerprint density at radius 3 is 2.29 bits per heavy atom. The van der Waals surface area contributed by atoms with Crippen LogP contribution in [0.5, 0.6) is 0 Å². The number of carbonyl (C=O) groups is 1. The Balaban J connectivity index is 1.58. The number of aromatic nitrogens is 3. The maximum Gasteiger partial charge on any atom is 0.434 e. The van der Waals surface area contributed by atoms with E-state index in [-0.39, 0.29) is 18.8 Å². The van der Waals surface area contributed by atoms with Gasteiger partial charge in [0, 0.05) is 37.4 Å². The SMILES string of the molecule is O=C(c1cnn(-c2ccc(Cl)cc2)c1C(F)(F)F)N1CCN(c2ncccc2Cl)CC1. The predicted octanol–water partition coefficient (Wildman–Crippen LogP) is 4.56. The van der Waals surface area contributed by atoms with Crippen molar-refractivity contribution in [2.75, 3.05) is 31.1 Å². The topological polar surface area (TPSA) is 54.3 Å². The average Bonchev–Trinajstić information content (AvgIpc) is 3.20. The van der Waals surface area contributed by atoms with E-state index in [2.05, 4.69) is 10.1 Å². The predicted molar refractivity (Wildman–Crippen MR) is 111 cm³/mol. The zero-order valence-electron chi connectivity index (χ0n) is 16.0. The number of hydrogen-bond acceptors (Lipinski definition) is 4. The van der Waals surface area contributed by atoms with Crippen molar-refractivity contribution in [3.63, 3.8) is 0 Å². The third kappa shape index (κ3) is 4.33. The van der Waals surface area contributed by atoms with Crippen LogP contribution in [0, 0.1) is 0 Å². The molecule has 1 saturated heterocycles. The summed E-state index contributed by atoms with van der Waals surface area (Å²) in [7, 11) is 0. The first-order chi connectivity index (χ1) is 14.8. The van der Waals surface area contributed by atoms with Crippen LogP contribution >= 0.6 is 23.2 Å². The van der Waals surface area contributed by atoms with Gasteiger partial charge in [-0.1, -0.05) is 23.2 Å². The molecule has 0 aliphatic carbocycles. The summed E-state index contributed by atoms with van der Waals surface area (Å²) in [5.74, 6) is -0.137. The van der Waals surface area contributed by atoms with E-state index in [9.17, 15) is 18.0 Å². The highest BCUT2D eigenvalue weighted by Gasteiger charge is 2.41. The molecule has 0 atom stereocenters. The highest BCUT2D eigenvalue weighted by molar-refractivity contribution is 6.33. The largest absolute Gasteiger partial charge is 0.434 e. The standard InChI is InChI=1S/C20H16Cl2F3N5O/c21-13-3-5-14(6-4-13)30-17(20(23,24)25)15(12-27-30)19(31)29-10-8-28(9-11-29)18-16(22)2-1-7-26-18/h1-7,12H,8-11H2. The van der Waals surface area contributed by atoms with Gasteiger partial charge < -0.3 is 9.80 Å². The summed E-state index contributed by atoms with van der Waals surface area (Å²) in [6, 6.07) is 9.16. The number of hydrogen-bond donors (Lipinski definition) is 0. The van der Waals surface area contributed by atoms with Crippen LogP contribution in [0.1, 0.15) is 16.1 Å². The molecule has 6 nitrogen and oxygen atoms in total. The van der Waals surface area contributed by atoms with Crippen molar-refractivity contribution in [2.24, 2.45) is 0 Å². The van der Waals surface area contributed by atoms with Gasteiger partial charge in [-0.25, -0.2) is 9.67 Å². The second kappa shape index (κ2) is 8.39. The van der Waals surface area contributed by atoms with E-state index in [1.165, 1.54) is 29.2 Å². The fraction of sp³-hybridized carbons (Fsp3) is 0.250. The summed E-state index contributed by atoms with van der Waals surface area (Å²) in [6.45, 7) is 1.26. The molecule has 11 heteroatoms. The molecule has 3 aromatic rings. The van der Waals surface area contributed by atoms with Crippen molar-refractivity contribution < 1.29 is 18.0 Å². The van der Waals surface area contributed by atoms with Crippen LogP contribution < -0.4 is 4.90 Å². The van der Waals surface area contributed by atoms with Gasteiger partial charge in [-0.2, -0.15) is 18.3 Å². The molecule has 31 heavy (non-hydrogen) atoms. The number of piperazine rings is 1. The first kappa shape index (κ1) is 21.5. The first-order valence-electron chi connectivity index (χ1n) is 9.31. The number of pyridine rings is 1. The van der Waals surface area contributed by atoms with Crippen LogP contribution in [0.2, 0.25) is 10.0 Å². The van der Waals surface area contributed by atoms with Crippen molar-refractivity contribution in [3.8, 4) is 5.69 Å². The molecule has 3 heterocycles. The van der Waals surface area contributed by atoms with Gasteiger partial charge in [-0.3, -0.25) is 4.79 Å². The molecular formula is C20H16Cl2F3N5O. The van der Waals surface area contributed by atoms with E-state index in [0.29, 0.717) is 33.6 Å². The molecule has 0 saturated carbocycles. The van der Waals surface area contributed by atoms with Gasteiger partial charge in [0.05, 0.1) is 22.5 Å². The van der Waals surface area contributed by atoms with Crippen molar-refractivity contribution in [1.29, 1.82) is 0 Å². The maximum atomic E-state index is 13.9. The van der Waals surface area contributed by atoms with E-state index < -0.39 is 23.3 Å². The summed E-state index contributed by atoms with van der Waals surface area (Å²) in [5.41, 5.74) is -1.45. The molecule has 0 N–H and O–H groups in total. The lowest BCUT2D eigenvalue weighted by atomic mass is 10.1. The Bertz CT molecular complexity index is 1090. The molecule has 1 amide bonds. The van der Waals surface area contributed by atoms with Gasteiger partial charge in [0.1, 0.15) is 5.82 Å². The zero-order valence-corrected chi connectivity index (χ0v) is 17.5. The monoisotopic (exact) mass is 469 g/mol. The smallest absolute Gasteiger partial charge is 0.352 e. The summed E-state index contributed by atoms with van der Waals surface area (Å²) >= 11 is 12.0. The number of nitrogens with zero attached hydrogens (tertiary/aromatic N) is 5. The van der Waals surface area contributed by atoms with Gasteiger partial charge in [-0.15, -0.1) is 0 Å². The molecule has 0 bridgehead atoms. The Kier molecular flexibility index (Phi) is 5.81. The number of amides is 1. The summed E-state index contributed by atoms with van der Waals surface area (Å²) in [4.78, 5) is 20.5. The Hall–Kier alpha value is -2.78. The number of benzene rings is 1. The second-order valence-electron chi connectivity index (χ2n) is 6.88. The maximum absolute atomic E-state index is 13.9. The number of rotatable bonds is 3. The minimum atomic E-state index is -4.77. The summed E-state index contributed by atoms with van der Waals surface area (Å²) < 4.78 is 42.3. The normalized spacial score (nSPS) is 14.7. The lowest BCUT2D eigenvalue weighted by Crippen LogP contribution is -2.49. The average molecular weight is 470 g/mol. The Labute approximate surface area is 185 Å². The zero-order chi connectivity index (χ0) is 22.2. The minimum Gasteiger partial charge on any atom is -0.352 e. The Morgan fingerprint density at radius 2 is 1.68 bits per heavy atom. The van der Waals surface area contributed by atoms with E-state index in [1.54, 1.807) is 18.3 Å². The molecule has 0 radical (unpaired) electrons. The summed E-state index contributed by atoms with van der Waals surface area (Å²) in [5, 5.41) is 4.70. The van der Waals surface area contributed by atoms with Crippen LogP contribution in [0.15, 0.2) is 48.8 Å². The first-order valence-corrected chi connectivity index (χ1v) is 10.1. The molecule has 162 valence electrons. The van der Waals surface area contributed by atoms with Gasteiger partial charge in [0.25, 0.3) is 5.91 Å². The van der Waals surface area contributed by atoms with Crippen molar-refractivity contribution in [1.82, 2.24) is 19.7 Å². The molecule has 1 fully saturated rings. The van der Waals surface area contributed by atoms with Crippen LogP contribution in [-0.2, 0) is 6.18 Å². The van der Waals surface area contributed by atoms with E-state index in [1.807, 2.05) is 4.90 Å². The quantitative estimate of drug-likeness (QED) is 0.564. The van der Waals surface area contributed by atoms with Crippen molar-refractivity contribution in [2.45, 2.75) is 6.18 Å². The van der Waals surface area contributed by atoms with Crippen LogP contribution in [0.25, 0.3) is 5.69 Å². The highest BCUT2D eigenvalue weighted by atomic mass is 35.5. The van der Waals surface area contributed by atoms with Gasteiger partial charge in [0.15, 0.2) is 5.69 Å². The van der Waals surface area contributed by atoms with Crippen LogP contribution in [-0.4, -0.2) is 51.8 Å². The van der Waals surface area contributed by atoms with E-state index in [4.69, 9.17) is 23.2 Å². The fourth-order valence-electron chi connectivity index (χ4n) is 3.46. The molecule has 1 aromatic carbocycles. The van der Waals surface area contributed by atoms with Crippen LogP contribution in [0.4, 0.5) is 19.0 Å². The summed E-state index contributed by atoms with van der Waals surface area (Å²) in [6.07, 6.45) is -2.20.